The molecule has 0 bridgehead atoms. The van der Waals surface area contributed by atoms with Crippen molar-refractivity contribution in [1.82, 2.24) is 0 Å². The molecule has 0 aliphatic rings. The second kappa shape index (κ2) is 2.86. The molecule has 2 nitrogen and oxygen atoms in total. The fraction of sp³-hybridized carbons (Fsp3) is 0.667. The van der Waals surface area contributed by atoms with E-state index in [1.165, 1.54) is 6.92 Å². The molecule has 0 saturated heterocycles. The van der Waals surface area contributed by atoms with Crippen LogP contribution in [0.1, 0.15) is 20.3 Å². The van der Waals surface area contributed by atoms with Crippen LogP contribution >= 0.6 is 0 Å². The average molecular weight is 150 g/mol. The van der Waals surface area contributed by atoms with E-state index in [1.807, 2.05) is 0 Å². The first kappa shape index (κ1) is 9.20. The van der Waals surface area contributed by atoms with Crippen LogP contribution in [0.5, 0.6) is 0 Å². The Balaban J connectivity index is 4.40. The summed E-state index contributed by atoms with van der Waals surface area (Å²) in [6.07, 6.45) is -0.313. The van der Waals surface area contributed by atoms with Crippen LogP contribution in [-0.4, -0.2) is 17.5 Å². The van der Waals surface area contributed by atoms with E-state index in [2.05, 4.69) is 0 Å². The van der Waals surface area contributed by atoms with Crippen LogP contribution in [0.25, 0.3) is 0 Å². The summed E-state index contributed by atoms with van der Waals surface area (Å²) in [5.74, 6) is -6.48. The van der Waals surface area contributed by atoms with Gasteiger partial charge in [0.2, 0.25) is 11.6 Å². The van der Waals surface area contributed by atoms with E-state index in [0.717, 1.165) is 0 Å². The first-order valence-corrected chi connectivity index (χ1v) is 2.85. The number of Topliss-reactive ketones (excluding diaryl/α,β-unsaturated/α-hetero) is 2. The van der Waals surface area contributed by atoms with Gasteiger partial charge in [-0.2, -0.15) is 8.78 Å². The van der Waals surface area contributed by atoms with Crippen molar-refractivity contribution in [3.8, 4) is 0 Å². The predicted octanol–water partition coefficient (Wildman–Crippen LogP) is 1.19. The molecule has 0 aliphatic carbocycles. The van der Waals surface area contributed by atoms with Crippen molar-refractivity contribution in [2.75, 3.05) is 0 Å². The molecule has 0 rings (SSSR count). The maximum Gasteiger partial charge on any atom is 0.362 e. The Bertz CT molecular complexity index is 163. The van der Waals surface area contributed by atoms with Crippen molar-refractivity contribution >= 4 is 11.6 Å². The van der Waals surface area contributed by atoms with Crippen molar-refractivity contribution in [1.29, 1.82) is 0 Å². The van der Waals surface area contributed by atoms with Crippen molar-refractivity contribution in [2.24, 2.45) is 0 Å². The number of carbonyl (C=O) groups is 2. The molecule has 4 heteroatoms. The first-order valence-electron chi connectivity index (χ1n) is 2.85. The molecule has 0 aromatic heterocycles. The number of hydrogen-bond donors (Lipinski definition) is 0. The maximum atomic E-state index is 12.2. The zero-order valence-corrected chi connectivity index (χ0v) is 5.78. The average Bonchev–Trinajstić information content (AvgIpc) is 1.86. The quantitative estimate of drug-likeness (QED) is 0.566. The number of alkyl halides is 2. The molecular weight excluding hydrogens is 142 g/mol. The van der Waals surface area contributed by atoms with Gasteiger partial charge in [-0.1, -0.05) is 6.92 Å². The molecule has 10 heavy (non-hydrogen) atoms. The van der Waals surface area contributed by atoms with Gasteiger partial charge in [0.05, 0.1) is 0 Å². The molecule has 0 heterocycles. The van der Waals surface area contributed by atoms with Crippen LogP contribution in [0.15, 0.2) is 0 Å². The van der Waals surface area contributed by atoms with Crippen molar-refractivity contribution in [3.63, 3.8) is 0 Å². The third-order valence-electron chi connectivity index (χ3n) is 1.11. The summed E-state index contributed by atoms with van der Waals surface area (Å²) in [5.41, 5.74) is 0. The fourth-order valence-electron chi connectivity index (χ4n) is 0.418. The Morgan fingerprint density at radius 2 is 1.80 bits per heavy atom. The second-order valence-electron chi connectivity index (χ2n) is 1.91. The second-order valence-corrected chi connectivity index (χ2v) is 1.91. The van der Waals surface area contributed by atoms with Gasteiger partial charge in [0.15, 0.2) is 0 Å². The molecule has 0 aliphatic heterocycles. The van der Waals surface area contributed by atoms with E-state index in [1.54, 1.807) is 0 Å². The van der Waals surface area contributed by atoms with Gasteiger partial charge < -0.3 is 0 Å². The highest BCUT2D eigenvalue weighted by Gasteiger charge is 2.42. The monoisotopic (exact) mass is 150 g/mol. The largest absolute Gasteiger partial charge is 0.362 e. The Hall–Kier alpha value is -0.800. The lowest BCUT2D eigenvalue weighted by atomic mass is 10.1. The minimum Gasteiger partial charge on any atom is -0.293 e. The highest BCUT2D eigenvalue weighted by atomic mass is 19.3. The van der Waals surface area contributed by atoms with Gasteiger partial charge in [0.25, 0.3) is 0 Å². The first-order chi connectivity index (χ1) is 4.42. The third-order valence-corrected chi connectivity index (χ3v) is 1.11. The molecule has 0 aromatic rings. The number of ketones is 2. The van der Waals surface area contributed by atoms with Crippen LogP contribution in [0.2, 0.25) is 0 Å². The number of rotatable bonds is 3. The highest BCUT2D eigenvalue weighted by Crippen LogP contribution is 2.17. The van der Waals surface area contributed by atoms with Gasteiger partial charge in [0, 0.05) is 13.3 Å². The summed E-state index contributed by atoms with van der Waals surface area (Å²) in [4.78, 5) is 20.4. The van der Waals surface area contributed by atoms with Crippen molar-refractivity contribution in [2.45, 2.75) is 26.2 Å². The molecule has 0 radical (unpaired) electrons. The topological polar surface area (TPSA) is 34.1 Å². The lowest BCUT2D eigenvalue weighted by Gasteiger charge is -2.08. The van der Waals surface area contributed by atoms with Crippen LogP contribution in [0, 0.1) is 0 Å². The van der Waals surface area contributed by atoms with Gasteiger partial charge in [-0.15, -0.1) is 0 Å². The SMILES string of the molecule is CCC(=O)C(F)(F)C(C)=O. The summed E-state index contributed by atoms with van der Waals surface area (Å²) in [6, 6.07) is 0. The number of halogens is 2. The summed E-state index contributed by atoms with van der Waals surface area (Å²) in [5, 5.41) is 0. The predicted molar refractivity (Wildman–Crippen MR) is 30.9 cm³/mol. The normalized spacial score (nSPS) is 11.2. The molecule has 0 N–H and O–H groups in total. The fourth-order valence-corrected chi connectivity index (χ4v) is 0.418. The summed E-state index contributed by atoms with van der Waals surface area (Å²) in [6.45, 7) is 1.99. The van der Waals surface area contributed by atoms with Gasteiger partial charge in [-0.25, -0.2) is 0 Å². The van der Waals surface area contributed by atoms with Crippen LogP contribution < -0.4 is 0 Å². The van der Waals surface area contributed by atoms with E-state index in [0.29, 0.717) is 6.92 Å². The molecule has 0 atom stereocenters. The summed E-state index contributed by atoms with van der Waals surface area (Å²) in [7, 11) is 0. The Labute approximate surface area is 57.2 Å². The smallest absolute Gasteiger partial charge is 0.293 e. The van der Waals surface area contributed by atoms with Crippen LogP contribution in [-0.2, 0) is 9.59 Å². The third kappa shape index (κ3) is 1.59. The Kier molecular flexibility index (Phi) is 2.63. The lowest BCUT2D eigenvalue weighted by molar-refractivity contribution is -0.155. The van der Waals surface area contributed by atoms with Gasteiger partial charge in [-0.05, 0) is 0 Å². The van der Waals surface area contributed by atoms with E-state index in [9.17, 15) is 18.4 Å². The van der Waals surface area contributed by atoms with Crippen molar-refractivity contribution < 1.29 is 18.4 Å². The minimum atomic E-state index is -3.77. The number of carbonyl (C=O) groups excluding carboxylic acids is 2. The van der Waals surface area contributed by atoms with E-state index in [-0.39, 0.29) is 6.42 Å². The minimum absolute atomic E-state index is 0.313. The van der Waals surface area contributed by atoms with E-state index < -0.39 is 17.5 Å². The number of hydrogen-bond acceptors (Lipinski definition) is 2. The zero-order chi connectivity index (χ0) is 8.36. The molecule has 58 valence electrons. The zero-order valence-electron chi connectivity index (χ0n) is 5.78. The summed E-state index contributed by atoms with van der Waals surface area (Å²) < 4.78 is 24.5. The maximum absolute atomic E-state index is 12.2. The van der Waals surface area contributed by atoms with Gasteiger partial charge >= 0.3 is 5.92 Å². The molecule has 0 amide bonds. The molecule has 0 aromatic carbocycles. The molecule has 0 unspecified atom stereocenters. The van der Waals surface area contributed by atoms with E-state index in [4.69, 9.17) is 0 Å². The standard InChI is InChI=1S/C6H8F2O2/c1-3-5(10)6(7,8)4(2)9/h3H2,1-2H3. The van der Waals surface area contributed by atoms with Crippen molar-refractivity contribution in [3.05, 3.63) is 0 Å². The Morgan fingerprint density at radius 1 is 1.40 bits per heavy atom. The lowest BCUT2D eigenvalue weighted by Crippen LogP contribution is -2.35. The molecule has 0 fully saturated rings. The van der Waals surface area contributed by atoms with Gasteiger partial charge in [0.1, 0.15) is 0 Å². The molecule has 0 spiro atoms. The van der Waals surface area contributed by atoms with Crippen LogP contribution in [0.4, 0.5) is 8.78 Å². The van der Waals surface area contributed by atoms with Crippen LogP contribution in [0.3, 0.4) is 0 Å². The Morgan fingerprint density at radius 3 is 1.90 bits per heavy atom. The molecular formula is C6H8F2O2. The summed E-state index contributed by atoms with van der Waals surface area (Å²) >= 11 is 0. The molecule has 0 saturated carbocycles. The van der Waals surface area contributed by atoms with Gasteiger partial charge in [-0.3, -0.25) is 9.59 Å². The highest BCUT2D eigenvalue weighted by molar-refractivity contribution is 6.07. The van der Waals surface area contributed by atoms with E-state index >= 15 is 0 Å².